The molecule has 0 aromatic carbocycles. The van der Waals surface area contributed by atoms with Gasteiger partial charge in [0.05, 0.1) is 0 Å². The van der Waals surface area contributed by atoms with Crippen molar-refractivity contribution in [1.29, 1.82) is 0 Å². The van der Waals surface area contributed by atoms with Crippen LogP contribution in [0.2, 0.25) is 0 Å². The number of hydrogen-bond acceptors (Lipinski definition) is 3. The summed E-state index contributed by atoms with van der Waals surface area (Å²) >= 11 is 0. The van der Waals surface area contributed by atoms with Crippen LogP contribution in [0.4, 0.5) is 0 Å². The second-order valence-electron chi connectivity index (χ2n) is 4.84. The van der Waals surface area contributed by atoms with Gasteiger partial charge in [-0.15, -0.1) is 0 Å². The molecule has 1 N–H and O–H groups in total. The van der Waals surface area contributed by atoms with E-state index in [1.165, 1.54) is 52.0 Å². The molecule has 0 aromatic rings. The molecule has 0 bridgehead atoms. The predicted octanol–water partition coefficient (Wildman–Crippen LogP) is 1.01. The van der Waals surface area contributed by atoms with Gasteiger partial charge in [0.2, 0.25) is 0 Å². The van der Waals surface area contributed by atoms with Gasteiger partial charge in [-0.2, -0.15) is 0 Å². The third-order valence-corrected chi connectivity index (χ3v) is 3.11. The Balaban J connectivity index is 2.23. The SMILES string of the molecule is CCCN(CCCN(C)C)C1CCNC1. The van der Waals surface area contributed by atoms with E-state index in [4.69, 9.17) is 0 Å². The molecule has 0 spiro atoms. The highest BCUT2D eigenvalue weighted by atomic mass is 15.2. The van der Waals surface area contributed by atoms with Crippen LogP contribution in [0.5, 0.6) is 0 Å². The maximum atomic E-state index is 3.46. The molecule has 0 radical (unpaired) electrons. The fourth-order valence-corrected chi connectivity index (χ4v) is 2.31. The lowest BCUT2D eigenvalue weighted by molar-refractivity contribution is 0.198. The topological polar surface area (TPSA) is 18.5 Å². The molecule has 3 nitrogen and oxygen atoms in total. The normalized spacial score (nSPS) is 21.8. The van der Waals surface area contributed by atoms with Crippen LogP contribution in [0.25, 0.3) is 0 Å². The highest BCUT2D eigenvalue weighted by Crippen LogP contribution is 2.09. The molecule has 0 amide bonds. The fraction of sp³-hybridized carbons (Fsp3) is 1.00. The molecular formula is C12H27N3. The van der Waals surface area contributed by atoms with Crippen LogP contribution in [0.1, 0.15) is 26.2 Å². The Morgan fingerprint density at radius 2 is 2.00 bits per heavy atom. The van der Waals surface area contributed by atoms with E-state index in [-0.39, 0.29) is 0 Å². The molecule has 0 aliphatic carbocycles. The molecule has 0 aromatic heterocycles. The van der Waals surface area contributed by atoms with Crippen LogP contribution in [0, 0.1) is 0 Å². The molecular weight excluding hydrogens is 186 g/mol. The van der Waals surface area contributed by atoms with Gasteiger partial charge < -0.3 is 10.2 Å². The Kier molecular flexibility index (Phi) is 6.22. The van der Waals surface area contributed by atoms with Crippen LogP contribution >= 0.6 is 0 Å². The number of nitrogens with one attached hydrogen (secondary N) is 1. The van der Waals surface area contributed by atoms with E-state index in [1.54, 1.807) is 0 Å². The van der Waals surface area contributed by atoms with Gasteiger partial charge in [0, 0.05) is 12.6 Å². The lowest BCUT2D eigenvalue weighted by Gasteiger charge is -2.28. The lowest BCUT2D eigenvalue weighted by atomic mass is 10.2. The van der Waals surface area contributed by atoms with Crippen LogP contribution in [0.15, 0.2) is 0 Å². The van der Waals surface area contributed by atoms with Gasteiger partial charge in [-0.05, 0) is 59.5 Å². The quantitative estimate of drug-likeness (QED) is 0.681. The molecule has 1 rings (SSSR count). The van der Waals surface area contributed by atoms with Crippen molar-refractivity contribution in [3.8, 4) is 0 Å². The van der Waals surface area contributed by atoms with E-state index in [1.807, 2.05) is 0 Å². The molecule has 1 unspecified atom stereocenters. The molecule has 1 aliphatic heterocycles. The largest absolute Gasteiger partial charge is 0.315 e. The maximum absolute atomic E-state index is 3.46. The van der Waals surface area contributed by atoms with Crippen molar-refractivity contribution in [2.45, 2.75) is 32.2 Å². The number of rotatable bonds is 7. The maximum Gasteiger partial charge on any atom is 0.0232 e. The number of hydrogen-bond donors (Lipinski definition) is 1. The van der Waals surface area contributed by atoms with E-state index in [0.29, 0.717) is 0 Å². The van der Waals surface area contributed by atoms with Gasteiger partial charge in [-0.1, -0.05) is 6.92 Å². The molecule has 1 aliphatic rings. The fourth-order valence-electron chi connectivity index (χ4n) is 2.31. The summed E-state index contributed by atoms with van der Waals surface area (Å²) in [7, 11) is 4.31. The first-order valence-corrected chi connectivity index (χ1v) is 6.33. The summed E-state index contributed by atoms with van der Waals surface area (Å²) in [5.74, 6) is 0. The molecule has 1 atom stereocenters. The molecule has 1 fully saturated rings. The van der Waals surface area contributed by atoms with E-state index >= 15 is 0 Å². The van der Waals surface area contributed by atoms with Crippen LogP contribution in [-0.4, -0.2) is 62.7 Å². The monoisotopic (exact) mass is 213 g/mol. The summed E-state index contributed by atoms with van der Waals surface area (Å²) < 4.78 is 0. The van der Waals surface area contributed by atoms with Gasteiger partial charge in [0.15, 0.2) is 0 Å². The first kappa shape index (κ1) is 12.9. The van der Waals surface area contributed by atoms with Crippen molar-refractivity contribution < 1.29 is 0 Å². The van der Waals surface area contributed by atoms with Crippen LogP contribution in [0.3, 0.4) is 0 Å². The lowest BCUT2D eigenvalue weighted by Crippen LogP contribution is -2.38. The summed E-state index contributed by atoms with van der Waals surface area (Å²) in [6, 6.07) is 0.798. The Hall–Kier alpha value is -0.120. The minimum atomic E-state index is 0.798. The van der Waals surface area contributed by atoms with Crippen LogP contribution < -0.4 is 5.32 Å². The van der Waals surface area contributed by atoms with Crippen LogP contribution in [-0.2, 0) is 0 Å². The third-order valence-electron chi connectivity index (χ3n) is 3.11. The van der Waals surface area contributed by atoms with E-state index in [9.17, 15) is 0 Å². The summed E-state index contributed by atoms with van der Waals surface area (Å²) in [5, 5.41) is 3.46. The molecule has 90 valence electrons. The van der Waals surface area contributed by atoms with E-state index in [0.717, 1.165) is 6.04 Å². The predicted molar refractivity (Wildman–Crippen MR) is 66.3 cm³/mol. The smallest absolute Gasteiger partial charge is 0.0232 e. The highest BCUT2D eigenvalue weighted by Gasteiger charge is 2.20. The summed E-state index contributed by atoms with van der Waals surface area (Å²) in [5.41, 5.74) is 0. The average molecular weight is 213 g/mol. The molecule has 1 saturated heterocycles. The zero-order valence-electron chi connectivity index (χ0n) is 10.6. The van der Waals surface area contributed by atoms with Crippen molar-refractivity contribution in [2.75, 3.05) is 46.8 Å². The minimum Gasteiger partial charge on any atom is -0.315 e. The van der Waals surface area contributed by atoms with Gasteiger partial charge in [-0.25, -0.2) is 0 Å². The summed E-state index contributed by atoms with van der Waals surface area (Å²) in [6.07, 6.45) is 3.91. The molecule has 1 heterocycles. The van der Waals surface area contributed by atoms with E-state index < -0.39 is 0 Å². The van der Waals surface area contributed by atoms with Crippen molar-refractivity contribution in [1.82, 2.24) is 15.1 Å². The Morgan fingerprint density at radius 3 is 2.53 bits per heavy atom. The standard InChI is InChI=1S/C12H27N3/c1-4-8-15(10-5-9-14(2)3)12-6-7-13-11-12/h12-13H,4-11H2,1-3H3. The van der Waals surface area contributed by atoms with Gasteiger partial charge in [0.1, 0.15) is 0 Å². The van der Waals surface area contributed by atoms with Crippen molar-refractivity contribution in [3.63, 3.8) is 0 Å². The first-order chi connectivity index (χ1) is 7.24. The van der Waals surface area contributed by atoms with E-state index in [2.05, 4.69) is 36.1 Å². The first-order valence-electron chi connectivity index (χ1n) is 6.33. The Labute approximate surface area is 94.8 Å². The van der Waals surface area contributed by atoms with Crippen molar-refractivity contribution >= 4 is 0 Å². The zero-order chi connectivity index (χ0) is 11.1. The molecule has 0 saturated carbocycles. The third kappa shape index (κ3) is 4.96. The number of nitrogens with zero attached hydrogens (tertiary/aromatic N) is 2. The van der Waals surface area contributed by atoms with Gasteiger partial charge >= 0.3 is 0 Å². The van der Waals surface area contributed by atoms with Crippen molar-refractivity contribution in [2.24, 2.45) is 0 Å². The average Bonchev–Trinajstić information content (AvgIpc) is 2.68. The van der Waals surface area contributed by atoms with Gasteiger partial charge in [-0.3, -0.25) is 4.90 Å². The van der Waals surface area contributed by atoms with Gasteiger partial charge in [0.25, 0.3) is 0 Å². The highest BCUT2D eigenvalue weighted by molar-refractivity contribution is 4.80. The van der Waals surface area contributed by atoms with Crippen molar-refractivity contribution in [3.05, 3.63) is 0 Å². The Morgan fingerprint density at radius 1 is 1.20 bits per heavy atom. The Bertz CT molecular complexity index is 153. The minimum absolute atomic E-state index is 0.798. The summed E-state index contributed by atoms with van der Waals surface area (Å²) in [4.78, 5) is 4.94. The zero-order valence-corrected chi connectivity index (χ0v) is 10.6. The second-order valence-corrected chi connectivity index (χ2v) is 4.84. The molecule has 3 heteroatoms. The molecule has 15 heavy (non-hydrogen) atoms. The second kappa shape index (κ2) is 7.20. The summed E-state index contributed by atoms with van der Waals surface area (Å²) in [6.45, 7) is 8.42.